The van der Waals surface area contributed by atoms with Gasteiger partial charge in [0.15, 0.2) is 0 Å². The van der Waals surface area contributed by atoms with Crippen molar-refractivity contribution in [3.63, 3.8) is 0 Å². The summed E-state index contributed by atoms with van der Waals surface area (Å²) in [6.07, 6.45) is -1.98. The summed E-state index contributed by atoms with van der Waals surface area (Å²) in [5.41, 5.74) is 4.72. The summed E-state index contributed by atoms with van der Waals surface area (Å²) in [6.45, 7) is -0.0714. The largest absolute Gasteiger partial charge is 0.481 e. The molecule has 1 amide bonds. The van der Waals surface area contributed by atoms with Crippen LogP contribution in [0.3, 0.4) is 0 Å². The third-order valence-corrected chi connectivity index (χ3v) is 5.73. The average molecular weight is 455 g/mol. The third kappa shape index (κ3) is 4.41. The third-order valence-electron chi connectivity index (χ3n) is 5.52. The Morgan fingerprint density at radius 2 is 1.75 bits per heavy atom. The molecule has 0 bridgehead atoms. The number of nitrogens with one attached hydrogen (secondary N) is 1. The molecule has 1 aliphatic carbocycles. The van der Waals surface area contributed by atoms with Gasteiger partial charge < -0.3 is 25.0 Å². The Kier molecular flexibility index (Phi) is 6.60. The summed E-state index contributed by atoms with van der Waals surface area (Å²) in [4.78, 5) is 16.2. The van der Waals surface area contributed by atoms with Gasteiger partial charge in [0.2, 0.25) is 5.88 Å². The van der Waals surface area contributed by atoms with E-state index in [1.54, 1.807) is 0 Å². The van der Waals surface area contributed by atoms with E-state index in [1.165, 1.54) is 19.4 Å². The molecule has 2 unspecified atom stereocenters. The Balaban J connectivity index is 1.36. The van der Waals surface area contributed by atoms with Crippen molar-refractivity contribution in [2.75, 3.05) is 20.3 Å². The number of carbonyl (C=O) groups excluding carboxylic acids is 1. The Bertz CT molecular complexity index is 1080. The number of alkyl carbamates (subject to hydrolysis) is 1. The van der Waals surface area contributed by atoms with E-state index in [9.17, 15) is 15.0 Å². The highest BCUT2D eigenvalue weighted by Gasteiger charge is 2.29. The van der Waals surface area contributed by atoms with E-state index in [2.05, 4.69) is 22.4 Å². The minimum Gasteiger partial charge on any atom is -0.481 e. The molecule has 3 N–H and O–H groups in total. The topological polar surface area (TPSA) is 101 Å². The fourth-order valence-corrected chi connectivity index (χ4v) is 4.15. The molecule has 4 rings (SSSR count). The van der Waals surface area contributed by atoms with Crippen molar-refractivity contribution in [1.82, 2.24) is 10.3 Å². The zero-order valence-corrected chi connectivity index (χ0v) is 18.1. The number of halogens is 1. The van der Waals surface area contributed by atoms with Gasteiger partial charge in [0, 0.05) is 24.2 Å². The molecule has 32 heavy (non-hydrogen) atoms. The number of hydrogen-bond acceptors (Lipinski definition) is 6. The Morgan fingerprint density at radius 1 is 1.12 bits per heavy atom. The normalized spacial score (nSPS) is 14.2. The minimum absolute atomic E-state index is 0.0644. The maximum atomic E-state index is 12.3. The van der Waals surface area contributed by atoms with Crippen LogP contribution in [0.4, 0.5) is 4.79 Å². The summed E-state index contributed by atoms with van der Waals surface area (Å²) in [7, 11) is 1.40. The first-order chi connectivity index (χ1) is 15.5. The summed E-state index contributed by atoms with van der Waals surface area (Å²) < 4.78 is 10.5. The number of aromatic nitrogens is 1. The number of benzene rings is 2. The standard InChI is InChI=1S/C24H23ClN2O5/c1-31-23-19(10-14(25)11-26-23)22(29)21(28)12-27-24(30)32-13-20-17-8-4-2-6-15(17)16-7-3-5-9-18(16)20/h2-11,20-22,28-29H,12-13H2,1H3,(H,27,30). The molecule has 0 fully saturated rings. The smallest absolute Gasteiger partial charge is 0.407 e. The molecule has 2 aromatic carbocycles. The molecule has 0 aliphatic heterocycles. The fraction of sp³-hybridized carbons (Fsp3) is 0.250. The lowest BCUT2D eigenvalue weighted by molar-refractivity contribution is 0.0169. The molecular weight excluding hydrogens is 432 g/mol. The maximum Gasteiger partial charge on any atom is 0.407 e. The van der Waals surface area contributed by atoms with Gasteiger partial charge in [0.25, 0.3) is 0 Å². The summed E-state index contributed by atoms with van der Waals surface area (Å²) >= 11 is 5.92. The summed E-state index contributed by atoms with van der Waals surface area (Å²) in [5, 5.41) is 23.5. The van der Waals surface area contributed by atoms with Crippen LogP contribution in [0.1, 0.15) is 28.7 Å². The number of nitrogens with zero attached hydrogens (tertiary/aromatic N) is 1. The first-order valence-electron chi connectivity index (χ1n) is 10.1. The van der Waals surface area contributed by atoms with Crippen molar-refractivity contribution in [2.24, 2.45) is 0 Å². The van der Waals surface area contributed by atoms with E-state index in [-0.39, 0.29) is 35.5 Å². The lowest BCUT2D eigenvalue weighted by Crippen LogP contribution is -2.36. The van der Waals surface area contributed by atoms with Gasteiger partial charge in [-0.3, -0.25) is 0 Å². The molecule has 166 valence electrons. The molecule has 0 radical (unpaired) electrons. The number of methoxy groups -OCH3 is 1. The number of pyridine rings is 1. The molecule has 2 atom stereocenters. The van der Waals surface area contributed by atoms with Crippen molar-refractivity contribution in [2.45, 2.75) is 18.1 Å². The lowest BCUT2D eigenvalue weighted by Gasteiger charge is -2.20. The molecule has 1 aliphatic rings. The quantitative estimate of drug-likeness (QED) is 0.503. The first-order valence-corrected chi connectivity index (χ1v) is 10.5. The van der Waals surface area contributed by atoms with Gasteiger partial charge in [0.05, 0.1) is 12.1 Å². The van der Waals surface area contributed by atoms with Crippen LogP contribution in [0, 0.1) is 0 Å². The Morgan fingerprint density at radius 3 is 2.38 bits per heavy atom. The number of ether oxygens (including phenoxy) is 2. The highest BCUT2D eigenvalue weighted by molar-refractivity contribution is 6.30. The number of hydrogen-bond donors (Lipinski definition) is 3. The van der Waals surface area contributed by atoms with Crippen molar-refractivity contribution in [3.05, 3.63) is 82.5 Å². The van der Waals surface area contributed by atoms with E-state index in [1.807, 2.05) is 36.4 Å². The summed E-state index contributed by atoms with van der Waals surface area (Å²) in [5.74, 6) is 0.0764. The highest BCUT2D eigenvalue weighted by atomic mass is 35.5. The van der Waals surface area contributed by atoms with Crippen LogP contribution in [0.25, 0.3) is 11.1 Å². The average Bonchev–Trinajstić information content (AvgIpc) is 3.14. The van der Waals surface area contributed by atoms with Crippen molar-refractivity contribution in [1.29, 1.82) is 0 Å². The molecule has 8 heteroatoms. The molecule has 0 spiro atoms. The SMILES string of the molecule is COc1ncc(Cl)cc1C(O)C(O)CNC(=O)OCC1c2ccccc2-c2ccccc21. The number of fused-ring (bicyclic) bond motifs is 3. The van der Waals surface area contributed by atoms with Crippen LogP contribution < -0.4 is 10.1 Å². The van der Waals surface area contributed by atoms with E-state index in [4.69, 9.17) is 21.1 Å². The van der Waals surface area contributed by atoms with E-state index in [0.29, 0.717) is 0 Å². The second-order valence-electron chi connectivity index (χ2n) is 7.47. The van der Waals surface area contributed by atoms with Gasteiger partial charge in [-0.1, -0.05) is 60.1 Å². The fourth-order valence-electron chi connectivity index (χ4n) is 3.98. The molecule has 0 saturated carbocycles. The second-order valence-corrected chi connectivity index (χ2v) is 7.91. The van der Waals surface area contributed by atoms with Crippen LogP contribution in [-0.2, 0) is 4.74 Å². The monoisotopic (exact) mass is 454 g/mol. The second kappa shape index (κ2) is 9.56. The van der Waals surface area contributed by atoms with E-state index < -0.39 is 18.3 Å². The molecule has 0 saturated heterocycles. The molecule has 1 aromatic heterocycles. The van der Waals surface area contributed by atoms with Crippen LogP contribution in [-0.4, -0.2) is 47.7 Å². The predicted octanol–water partition coefficient (Wildman–Crippen LogP) is 3.68. The number of carbonyl (C=O) groups is 1. The zero-order valence-electron chi connectivity index (χ0n) is 17.4. The predicted molar refractivity (Wildman–Crippen MR) is 120 cm³/mol. The molecule has 1 heterocycles. The van der Waals surface area contributed by atoms with Gasteiger partial charge in [-0.2, -0.15) is 0 Å². The van der Waals surface area contributed by atoms with Gasteiger partial charge in [-0.25, -0.2) is 9.78 Å². The highest BCUT2D eigenvalue weighted by Crippen LogP contribution is 2.44. The number of rotatable bonds is 7. The van der Waals surface area contributed by atoms with E-state index in [0.717, 1.165) is 22.3 Å². The number of aliphatic hydroxyl groups is 2. The minimum atomic E-state index is -1.36. The van der Waals surface area contributed by atoms with Crippen molar-refractivity contribution in [3.8, 4) is 17.0 Å². The van der Waals surface area contributed by atoms with Crippen molar-refractivity contribution < 1.29 is 24.5 Å². The van der Waals surface area contributed by atoms with Crippen LogP contribution in [0.15, 0.2) is 60.8 Å². The zero-order chi connectivity index (χ0) is 22.7. The van der Waals surface area contributed by atoms with Gasteiger partial charge in [0.1, 0.15) is 18.8 Å². The summed E-state index contributed by atoms with van der Waals surface area (Å²) in [6, 6.07) is 17.6. The maximum absolute atomic E-state index is 12.3. The molecule has 3 aromatic rings. The number of aliphatic hydroxyl groups excluding tert-OH is 2. The van der Waals surface area contributed by atoms with Gasteiger partial charge >= 0.3 is 6.09 Å². The van der Waals surface area contributed by atoms with Crippen LogP contribution in [0.5, 0.6) is 5.88 Å². The Hall–Kier alpha value is -3.13. The van der Waals surface area contributed by atoms with Gasteiger partial charge in [-0.15, -0.1) is 0 Å². The van der Waals surface area contributed by atoms with Crippen LogP contribution in [0.2, 0.25) is 5.02 Å². The van der Waals surface area contributed by atoms with Gasteiger partial charge in [-0.05, 0) is 28.3 Å². The first kappa shape index (κ1) is 22.1. The number of amides is 1. The lowest BCUT2D eigenvalue weighted by atomic mass is 9.98. The Labute approximate surface area is 190 Å². The van der Waals surface area contributed by atoms with Crippen molar-refractivity contribution >= 4 is 17.7 Å². The van der Waals surface area contributed by atoms with E-state index >= 15 is 0 Å². The van der Waals surface area contributed by atoms with Crippen LogP contribution >= 0.6 is 11.6 Å². The molecule has 7 nitrogen and oxygen atoms in total. The molecular formula is C24H23ClN2O5.